The van der Waals surface area contributed by atoms with Gasteiger partial charge in [0.05, 0.1) is 27.1 Å². The normalized spacial score (nSPS) is 36.8. The van der Waals surface area contributed by atoms with Crippen molar-refractivity contribution in [2.24, 2.45) is 23.7 Å². The van der Waals surface area contributed by atoms with Gasteiger partial charge >= 0.3 is 11.9 Å². The average Bonchev–Trinajstić information content (AvgIpc) is 3.18. The lowest BCUT2D eigenvalue weighted by atomic mass is 9.58. The molecule has 1 spiro atoms. The number of rotatable bonds is 8. The van der Waals surface area contributed by atoms with Crippen molar-refractivity contribution in [1.82, 2.24) is 0 Å². The van der Waals surface area contributed by atoms with Gasteiger partial charge in [-0.15, -0.1) is 0 Å². The zero-order valence-corrected chi connectivity index (χ0v) is 23.5. The van der Waals surface area contributed by atoms with Crippen LogP contribution in [-0.2, 0) is 38.3 Å². The summed E-state index contributed by atoms with van der Waals surface area (Å²) in [7, 11) is 2.97. The Bertz CT molecular complexity index is 1170. The summed E-state index contributed by atoms with van der Waals surface area (Å²) in [5.41, 5.74) is -0.330. The summed E-state index contributed by atoms with van der Waals surface area (Å²) in [6.07, 6.45) is 0.238. The van der Waals surface area contributed by atoms with Gasteiger partial charge in [0.1, 0.15) is 6.07 Å². The fraction of sp³-hybridized carbons (Fsp3) is 0.690. The van der Waals surface area contributed by atoms with E-state index >= 15 is 0 Å². The van der Waals surface area contributed by atoms with Crippen molar-refractivity contribution in [2.45, 2.75) is 89.4 Å². The molecule has 0 amide bonds. The van der Waals surface area contributed by atoms with Gasteiger partial charge in [0, 0.05) is 23.8 Å². The standard InChI is InChI=1S/C29H37NO10/c1-16-6-8-20-17(2)26(37-27-29(20)19(16)12-13-28(3,38-27)39-40-29)36-25(32)11-10-24(31)35-23(15-30)18-7-9-21(33-4)22(14-18)34-5/h7,9,14,16-17,19-20,23,26-27H,6,8,10-13H2,1-5H3/t16-,17-,19?,20?,23?,26-,27-,28+,29-/m1/s1. The number of hydrogen-bond acceptors (Lipinski definition) is 11. The number of carbonyl (C=O) groups excluding carboxylic acids is 2. The molecular weight excluding hydrogens is 522 g/mol. The maximum atomic E-state index is 12.8. The number of nitrogens with zero attached hydrogens (tertiary/aromatic N) is 1. The largest absolute Gasteiger partial charge is 0.493 e. The van der Waals surface area contributed by atoms with Crippen LogP contribution < -0.4 is 9.47 Å². The molecule has 11 heteroatoms. The van der Waals surface area contributed by atoms with Crippen LogP contribution in [0.15, 0.2) is 18.2 Å². The first-order chi connectivity index (χ1) is 19.1. The molecular formula is C29H37NO10. The number of esters is 2. The Kier molecular flexibility index (Phi) is 7.99. The van der Waals surface area contributed by atoms with Gasteiger partial charge in [0.15, 0.2) is 23.4 Å². The second kappa shape index (κ2) is 11.2. The van der Waals surface area contributed by atoms with Crippen molar-refractivity contribution >= 4 is 11.9 Å². The van der Waals surface area contributed by atoms with Gasteiger partial charge in [-0.25, -0.2) is 9.78 Å². The van der Waals surface area contributed by atoms with Crippen LogP contribution in [0.3, 0.4) is 0 Å². The minimum atomic E-state index is -1.17. The maximum absolute atomic E-state index is 12.8. The van der Waals surface area contributed by atoms with Gasteiger partial charge in [-0.1, -0.05) is 19.9 Å². The van der Waals surface area contributed by atoms with E-state index < -0.39 is 42.0 Å². The molecule has 4 saturated heterocycles. The van der Waals surface area contributed by atoms with Gasteiger partial charge in [-0.2, -0.15) is 5.26 Å². The number of methoxy groups -OCH3 is 2. The SMILES string of the molecule is COc1ccc(C(C#N)OC(=O)CCC(=O)O[C@@H]2O[C@@H]3O[C@]4(C)CCC5[C@H](C)CCC([C@H]2C)[C@]53OO4)cc1OC. The van der Waals surface area contributed by atoms with E-state index in [4.69, 9.17) is 38.2 Å². The molecule has 5 aliphatic rings. The Balaban J connectivity index is 1.20. The summed E-state index contributed by atoms with van der Waals surface area (Å²) in [5, 5.41) is 9.57. The van der Waals surface area contributed by atoms with Crippen molar-refractivity contribution < 1.29 is 47.8 Å². The molecule has 4 aliphatic heterocycles. The molecule has 0 radical (unpaired) electrons. The highest BCUT2D eigenvalue weighted by atomic mass is 17.3. The summed E-state index contributed by atoms with van der Waals surface area (Å²) in [6, 6.07) is 6.75. The van der Waals surface area contributed by atoms with E-state index in [1.54, 1.807) is 18.2 Å². The van der Waals surface area contributed by atoms with Crippen LogP contribution in [0.4, 0.5) is 0 Å². The van der Waals surface area contributed by atoms with Crippen molar-refractivity contribution in [2.75, 3.05) is 14.2 Å². The van der Waals surface area contributed by atoms with Gasteiger partial charge in [0.2, 0.25) is 18.2 Å². The summed E-state index contributed by atoms with van der Waals surface area (Å²) < 4.78 is 34.1. The minimum Gasteiger partial charge on any atom is -0.493 e. The van der Waals surface area contributed by atoms with Crippen molar-refractivity contribution in [3.05, 3.63) is 23.8 Å². The first-order valence-corrected chi connectivity index (χ1v) is 13.8. The minimum absolute atomic E-state index is 0.00994. The highest BCUT2D eigenvalue weighted by molar-refractivity contribution is 5.78. The van der Waals surface area contributed by atoms with E-state index in [-0.39, 0.29) is 30.6 Å². The van der Waals surface area contributed by atoms with E-state index in [1.165, 1.54) is 14.2 Å². The molecule has 218 valence electrons. The molecule has 4 heterocycles. The molecule has 40 heavy (non-hydrogen) atoms. The zero-order valence-electron chi connectivity index (χ0n) is 23.5. The van der Waals surface area contributed by atoms with Gasteiger partial charge in [-0.05, 0) is 50.2 Å². The van der Waals surface area contributed by atoms with Crippen LogP contribution in [0.25, 0.3) is 0 Å². The van der Waals surface area contributed by atoms with Crippen LogP contribution in [0.5, 0.6) is 11.5 Å². The number of benzene rings is 1. The Labute approximate surface area is 233 Å². The molecule has 1 aromatic carbocycles. The maximum Gasteiger partial charge on any atom is 0.308 e. The van der Waals surface area contributed by atoms with Gasteiger partial charge in [0.25, 0.3) is 0 Å². The number of fused-ring (bicyclic) bond motifs is 2. The number of hydrogen-bond donors (Lipinski definition) is 0. The number of ether oxygens (including phenoxy) is 6. The van der Waals surface area contributed by atoms with E-state index in [0.717, 1.165) is 19.3 Å². The molecule has 2 bridgehead atoms. The summed E-state index contributed by atoms with van der Waals surface area (Å²) in [5.74, 6) is -0.900. The van der Waals surface area contributed by atoms with Crippen molar-refractivity contribution in [3.8, 4) is 17.6 Å². The quantitative estimate of drug-likeness (QED) is 0.333. The molecule has 0 N–H and O–H groups in total. The Morgan fingerprint density at radius 2 is 1.80 bits per heavy atom. The average molecular weight is 560 g/mol. The molecule has 9 atom stereocenters. The molecule has 1 saturated carbocycles. The van der Waals surface area contributed by atoms with Crippen LogP contribution >= 0.6 is 0 Å². The second-order valence-electron chi connectivity index (χ2n) is 11.4. The number of nitriles is 1. The van der Waals surface area contributed by atoms with Crippen LogP contribution in [0, 0.1) is 35.0 Å². The molecule has 5 fully saturated rings. The van der Waals surface area contributed by atoms with E-state index in [0.29, 0.717) is 29.4 Å². The summed E-state index contributed by atoms with van der Waals surface area (Å²) in [6.45, 7) is 6.05. The van der Waals surface area contributed by atoms with Gasteiger partial charge in [-0.3, -0.25) is 9.59 Å². The van der Waals surface area contributed by atoms with Crippen LogP contribution in [0.2, 0.25) is 0 Å². The third-order valence-corrected chi connectivity index (χ3v) is 8.95. The monoisotopic (exact) mass is 559 g/mol. The lowest BCUT2D eigenvalue weighted by Gasteiger charge is -2.59. The predicted octanol–water partition coefficient (Wildman–Crippen LogP) is 4.34. The Hall–Kier alpha value is -2.91. The molecule has 11 nitrogen and oxygen atoms in total. The first-order valence-electron chi connectivity index (χ1n) is 13.8. The highest BCUT2D eigenvalue weighted by Crippen LogP contribution is 2.60. The number of carbonyl (C=O) groups is 2. The van der Waals surface area contributed by atoms with Gasteiger partial charge < -0.3 is 28.4 Å². The lowest BCUT2D eigenvalue weighted by Crippen LogP contribution is -2.70. The zero-order chi connectivity index (χ0) is 28.7. The Morgan fingerprint density at radius 3 is 2.52 bits per heavy atom. The molecule has 6 rings (SSSR count). The summed E-state index contributed by atoms with van der Waals surface area (Å²) in [4.78, 5) is 37.3. The highest BCUT2D eigenvalue weighted by Gasteiger charge is 2.69. The molecule has 1 aromatic rings. The third kappa shape index (κ3) is 5.02. The van der Waals surface area contributed by atoms with E-state index in [1.807, 2.05) is 19.9 Å². The fourth-order valence-corrected chi connectivity index (χ4v) is 6.77. The molecule has 0 aromatic heterocycles. The van der Waals surface area contributed by atoms with Crippen LogP contribution in [-0.4, -0.2) is 50.1 Å². The lowest BCUT2D eigenvalue weighted by molar-refractivity contribution is -0.576. The smallest absolute Gasteiger partial charge is 0.308 e. The van der Waals surface area contributed by atoms with Crippen molar-refractivity contribution in [1.29, 1.82) is 5.26 Å². The van der Waals surface area contributed by atoms with E-state index in [9.17, 15) is 14.9 Å². The topological polar surface area (TPSA) is 132 Å². The Morgan fingerprint density at radius 1 is 1.05 bits per heavy atom. The third-order valence-electron chi connectivity index (χ3n) is 8.95. The van der Waals surface area contributed by atoms with E-state index in [2.05, 4.69) is 6.92 Å². The molecule has 1 aliphatic carbocycles. The predicted molar refractivity (Wildman–Crippen MR) is 136 cm³/mol. The summed E-state index contributed by atoms with van der Waals surface area (Å²) >= 11 is 0. The van der Waals surface area contributed by atoms with Crippen molar-refractivity contribution in [3.63, 3.8) is 0 Å². The van der Waals surface area contributed by atoms with Crippen LogP contribution in [0.1, 0.15) is 71.0 Å². The fourth-order valence-electron chi connectivity index (χ4n) is 6.77. The second-order valence-corrected chi connectivity index (χ2v) is 11.4. The first kappa shape index (κ1) is 28.6. The molecule has 3 unspecified atom stereocenters.